The highest BCUT2D eigenvalue weighted by Gasteiger charge is 2.18. The number of rotatable bonds is 7. The van der Waals surface area contributed by atoms with Crippen molar-refractivity contribution in [2.75, 3.05) is 39.4 Å². The Bertz CT molecular complexity index is 185. The van der Waals surface area contributed by atoms with E-state index in [4.69, 9.17) is 10.5 Å². The van der Waals surface area contributed by atoms with Crippen LogP contribution in [0.2, 0.25) is 0 Å². The molecule has 1 aliphatic heterocycles. The van der Waals surface area contributed by atoms with E-state index in [1.165, 1.54) is 12.8 Å². The predicted octanol–water partition coefficient (Wildman–Crippen LogP) is 1.75. The van der Waals surface area contributed by atoms with E-state index in [0.29, 0.717) is 12.5 Å². The molecule has 1 saturated heterocycles. The molecule has 2 N–H and O–H groups in total. The van der Waals surface area contributed by atoms with Crippen molar-refractivity contribution in [2.24, 2.45) is 11.7 Å². The monoisotopic (exact) mass is 272 g/mol. The predicted molar refractivity (Wildman–Crippen MR) is 66.9 cm³/mol. The Kier molecular flexibility index (Phi) is 10.0. The molecule has 0 bridgehead atoms. The topological polar surface area (TPSA) is 38.5 Å². The Morgan fingerprint density at radius 3 is 2.82 bits per heavy atom. The van der Waals surface area contributed by atoms with Crippen molar-refractivity contribution in [3.8, 4) is 0 Å². The van der Waals surface area contributed by atoms with Crippen molar-refractivity contribution < 1.29 is 13.5 Å². The lowest BCUT2D eigenvalue weighted by molar-refractivity contribution is 0.00605. The van der Waals surface area contributed by atoms with Crippen LogP contribution in [0.5, 0.6) is 0 Å². The molecular weight excluding hydrogens is 250 g/mol. The molecule has 1 heterocycles. The maximum atomic E-state index is 11.8. The molecule has 0 radical (unpaired) electrons. The maximum absolute atomic E-state index is 11.8. The zero-order chi connectivity index (χ0) is 11.8. The van der Waals surface area contributed by atoms with E-state index < -0.39 is 13.0 Å². The fraction of sp³-hybridized carbons (Fsp3) is 1.00. The molecule has 3 nitrogen and oxygen atoms in total. The maximum Gasteiger partial charge on any atom is 0.261 e. The summed E-state index contributed by atoms with van der Waals surface area (Å²) in [5, 5.41) is 0. The van der Waals surface area contributed by atoms with Gasteiger partial charge in [-0.25, -0.2) is 8.78 Å². The van der Waals surface area contributed by atoms with E-state index >= 15 is 0 Å². The second-order valence-corrected chi connectivity index (χ2v) is 4.35. The smallest absolute Gasteiger partial charge is 0.261 e. The number of nitrogens with zero attached hydrogens (tertiary/aromatic N) is 1. The van der Waals surface area contributed by atoms with Gasteiger partial charge in [-0.05, 0) is 38.3 Å². The van der Waals surface area contributed by atoms with Crippen molar-refractivity contribution in [3.05, 3.63) is 0 Å². The Labute approximate surface area is 108 Å². The molecule has 0 aromatic carbocycles. The summed E-state index contributed by atoms with van der Waals surface area (Å²) in [4.78, 5) is 2.29. The second-order valence-electron chi connectivity index (χ2n) is 4.35. The fourth-order valence-corrected chi connectivity index (χ4v) is 2.19. The summed E-state index contributed by atoms with van der Waals surface area (Å²) < 4.78 is 28.5. The normalized spacial score (nSPS) is 21.5. The van der Waals surface area contributed by atoms with Gasteiger partial charge in [0, 0.05) is 13.1 Å². The van der Waals surface area contributed by atoms with Crippen LogP contribution >= 0.6 is 12.4 Å². The van der Waals surface area contributed by atoms with E-state index in [9.17, 15) is 8.78 Å². The van der Waals surface area contributed by atoms with Crippen LogP contribution in [0.25, 0.3) is 0 Å². The third-order valence-electron chi connectivity index (χ3n) is 2.97. The van der Waals surface area contributed by atoms with Gasteiger partial charge in [0.05, 0.1) is 6.61 Å². The van der Waals surface area contributed by atoms with Crippen LogP contribution in [-0.2, 0) is 4.74 Å². The number of ether oxygens (including phenoxy) is 1. The second kappa shape index (κ2) is 10.00. The van der Waals surface area contributed by atoms with Gasteiger partial charge in [0.15, 0.2) is 0 Å². The van der Waals surface area contributed by atoms with Gasteiger partial charge in [0.2, 0.25) is 0 Å². The summed E-state index contributed by atoms with van der Waals surface area (Å²) in [5.41, 5.74) is 5.53. The molecule has 17 heavy (non-hydrogen) atoms. The summed E-state index contributed by atoms with van der Waals surface area (Å²) in [7, 11) is 0. The first-order valence-corrected chi connectivity index (χ1v) is 6.00. The SMILES string of the molecule is Cl.NCCC1CCCN(CCOCC(F)F)C1. The third-order valence-corrected chi connectivity index (χ3v) is 2.97. The molecule has 1 atom stereocenters. The summed E-state index contributed by atoms with van der Waals surface area (Å²) in [6, 6.07) is 0. The summed E-state index contributed by atoms with van der Waals surface area (Å²) in [6.07, 6.45) is 1.13. The molecule has 0 spiro atoms. The average Bonchev–Trinajstić information content (AvgIpc) is 2.25. The lowest BCUT2D eigenvalue weighted by Crippen LogP contribution is -2.38. The van der Waals surface area contributed by atoms with Gasteiger partial charge in [-0.1, -0.05) is 0 Å². The van der Waals surface area contributed by atoms with Crippen molar-refractivity contribution in [3.63, 3.8) is 0 Å². The molecule has 1 unspecified atom stereocenters. The van der Waals surface area contributed by atoms with E-state index in [1.807, 2.05) is 0 Å². The van der Waals surface area contributed by atoms with E-state index in [2.05, 4.69) is 4.90 Å². The average molecular weight is 273 g/mol. The summed E-state index contributed by atoms with van der Waals surface area (Å²) in [5.74, 6) is 0.675. The van der Waals surface area contributed by atoms with Crippen LogP contribution < -0.4 is 5.73 Å². The van der Waals surface area contributed by atoms with Crippen molar-refractivity contribution in [2.45, 2.75) is 25.7 Å². The molecule has 1 aliphatic rings. The van der Waals surface area contributed by atoms with E-state index in [-0.39, 0.29) is 12.4 Å². The summed E-state index contributed by atoms with van der Waals surface area (Å²) >= 11 is 0. The number of alkyl halides is 2. The first kappa shape index (κ1) is 17.0. The minimum absolute atomic E-state index is 0. The summed E-state index contributed by atoms with van der Waals surface area (Å²) in [6.45, 7) is 3.54. The van der Waals surface area contributed by atoms with Gasteiger partial charge in [-0.3, -0.25) is 0 Å². The number of halogens is 3. The van der Waals surface area contributed by atoms with Crippen molar-refractivity contribution >= 4 is 12.4 Å². The number of hydrogen-bond donors (Lipinski definition) is 1. The van der Waals surface area contributed by atoms with Crippen molar-refractivity contribution in [1.29, 1.82) is 0 Å². The van der Waals surface area contributed by atoms with Crippen LogP contribution in [0.4, 0.5) is 8.78 Å². The Balaban J connectivity index is 0.00000256. The van der Waals surface area contributed by atoms with Crippen LogP contribution in [0, 0.1) is 5.92 Å². The highest BCUT2D eigenvalue weighted by Crippen LogP contribution is 2.18. The van der Waals surface area contributed by atoms with Gasteiger partial charge in [-0.15, -0.1) is 12.4 Å². The Hall–Kier alpha value is 0.0300. The molecular formula is C11H23ClF2N2O. The largest absolute Gasteiger partial charge is 0.374 e. The lowest BCUT2D eigenvalue weighted by atomic mass is 9.95. The van der Waals surface area contributed by atoms with E-state index in [0.717, 1.165) is 32.6 Å². The van der Waals surface area contributed by atoms with Gasteiger partial charge < -0.3 is 15.4 Å². The van der Waals surface area contributed by atoms with Crippen LogP contribution in [0.15, 0.2) is 0 Å². The first-order chi connectivity index (χ1) is 7.72. The third kappa shape index (κ3) is 7.86. The number of hydrogen-bond acceptors (Lipinski definition) is 3. The van der Waals surface area contributed by atoms with Gasteiger partial charge >= 0.3 is 0 Å². The van der Waals surface area contributed by atoms with Crippen LogP contribution in [-0.4, -0.2) is 50.7 Å². The molecule has 0 aromatic rings. The minimum Gasteiger partial charge on any atom is -0.374 e. The molecule has 6 heteroatoms. The molecule has 0 aliphatic carbocycles. The molecule has 1 rings (SSSR count). The highest BCUT2D eigenvalue weighted by atomic mass is 35.5. The first-order valence-electron chi connectivity index (χ1n) is 6.00. The minimum atomic E-state index is -2.36. The number of likely N-dealkylation sites (tertiary alicyclic amines) is 1. The fourth-order valence-electron chi connectivity index (χ4n) is 2.19. The molecule has 0 aromatic heterocycles. The number of piperidine rings is 1. The highest BCUT2D eigenvalue weighted by molar-refractivity contribution is 5.85. The molecule has 1 fully saturated rings. The van der Waals surface area contributed by atoms with E-state index in [1.54, 1.807) is 0 Å². The zero-order valence-corrected chi connectivity index (χ0v) is 10.9. The van der Waals surface area contributed by atoms with Gasteiger partial charge in [0.25, 0.3) is 6.43 Å². The van der Waals surface area contributed by atoms with Crippen LogP contribution in [0.3, 0.4) is 0 Å². The van der Waals surface area contributed by atoms with Crippen LogP contribution in [0.1, 0.15) is 19.3 Å². The molecule has 104 valence electrons. The quantitative estimate of drug-likeness (QED) is 0.718. The van der Waals surface area contributed by atoms with Crippen molar-refractivity contribution in [1.82, 2.24) is 4.90 Å². The van der Waals surface area contributed by atoms with Gasteiger partial charge in [0.1, 0.15) is 6.61 Å². The lowest BCUT2D eigenvalue weighted by Gasteiger charge is -2.32. The molecule has 0 saturated carbocycles. The zero-order valence-electron chi connectivity index (χ0n) is 10.1. The standard InChI is InChI=1S/C11H22F2N2O.ClH/c12-11(13)9-16-7-6-15-5-1-2-10(8-15)3-4-14;/h10-11H,1-9,14H2;1H. The van der Waals surface area contributed by atoms with Gasteiger partial charge in [-0.2, -0.15) is 0 Å². The number of nitrogens with two attached hydrogens (primary N) is 1. The Morgan fingerprint density at radius 2 is 2.18 bits per heavy atom. The molecule has 0 amide bonds. The Morgan fingerprint density at radius 1 is 1.41 bits per heavy atom.